The van der Waals surface area contributed by atoms with Gasteiger partial charge in [-0.25, -0.2) is 13.2 Å². The van der Waals surface area contributed by atoms with Gasteiger partial charge in [-0.05, 0) is 44.1 Å². The lowest BCUT2D eigenvalue weighted by Crippen LogP contribution is -2.45. The van der Waals surface area contributed by atoms with E-state index in [2.05, 4.69) is 10.6 Å². The predicted octanol–water partition coefficient (Wildman–Crippen LogP) is 2.16. The molecule has 122 valence electrons. The van der Waals surface area contributed by atoms with E-state index in [1.54, 1.807) is 6.92 Å². The number of anilines is 1. The Morgan fingerprint density at radius 2 is 1.77 bits per heavy atom. The number of aliphatic hydroxyl groups is 1. The Bertz CT molecular complexity index is 583. The average molecular weight is 334 g/mol. The molecule has 1 fully saturated rings. The van der Waals surface area contributed by atoms with Gasteiger partial charge in [0.15, 0.2) is 22.6 Å². The van der Waals surface area contributed by atoms with Gasteiger partial charge in [0.05, 0.1) is 18.8 Å². The third-order valence-electron chi connectivity index (χ3n) is 3.84. The molecule has 8 heteroatoms. The summed E-state index contributed by atoms with van der Waals surface area (Å²) in [5.74, 6) is -3.36. The number of hydrogen-bond donors (Lipinski definition) is 3. The van der Waals surface area contributed by atoms with Gasteiger partial charge in [-0.15, -0.1) is 0 Å². The van der Waals surface area contributed by atoms with Crippen molar-refractivity contribution in [3.05, 3.63) is 28.6 Å². The van der Waals surface area contributed by atoms with Crippen molar-refractivity contribution in [1.29, 1.82) is 0 Å². The molecule has 0 amide bonds. The molecular formula is C14H17F3N2O2S. The van der Waals surface area contributed by atoms with Crippen molar-refractivity contribution in [3.63, 3.8) is 0 Å². The van der Waals surface area contributed by atoms with E-state index in [4.69, 9.17) is 17.0 Å². The van der Waals surface area contributed by atoms with Crippen molar-refractivity contribution in [2.75, 3.05) is 11.9 Å². The molecule has 1 heterocycles. The third-order valence-corrected chi connectivity index (χ3v) is 4.06. The summed E-state index contributed by atoms with van der Waals surface area (Å²) in [6.45, 7) is 4.55. The summed E-state index contributed by atoms with van der Waals surface area (Å²) in [6, 6.07) is -0.502. The second-order valence-corrected chi connectivity index (χ2v) is 5.71. The summed E-state index contributed by atoms with van der Waals surface area (Å²) in [7, 11) is 0. The summed E-state index contributed by atoms with van der Waals surface area (Å²) in [4.78, 5) is 0. The fourth-order valence-electron chi connectivity index (χ4n) is 2.22. The lowest BCUT2D eigenvalue weighted by molar-refractivity contribution is 0.0540. The molecule has 1 aromatic carbocycles. The molecule has 1 aliphatic rings. The van der Waals surface area contributed by atoms with Crippen LogP contribution in [0.3, 0.4) is 0 Å². The van der Waals surface area contributed by atoms with Crippen LogP contribution in [0.5, 0.6) is 0 Å². The second kappa shape index (κ2) is 6.39. The van der Waals surface area contributed by atoms with Crippen LogP contribution in [0.4, 0.5) is 18.9 Å². The van der Waals surface area contributed by atoms with Gasteiger partial charge in [0.25, 0.3) is 0 Å². The van der Waals surface area contributed by atoms with Crippen LogP contribution < -0.4 is 10.6 Å². The Kier molecular flexibility index (Phi) is 4.93. The van der Waals surface area contributed by atoms with Crippen LogP contribution in [0.2, 0.25) is 0 Å². The van der Waals surface area contributed by atoms with Gasteiger partial charge in [0.1, 0.15) is 11.8 Å². The van der Waals surface area contributed by atoms with Gasteiger partial charge in [0, 0.05) is 0 Å². The molecule has 1 aromatic rings. The van der Waals surface area contributed by atoms with Crippen LogP contribution in [0.1, 0.15) is 18.1 Å². The Morgan fingerprint density at radius 1 is 1.18 bits per heavy atom. The fraction of sp³-hybridized carbons (Fsp3) is 0.500. The van der Waals surface area contributed by atoms with E-state index in [0.29, 0.717) is 0 Å². The highest BCUT2D eigenvalue weighted by molar-refractivity contribution is 7.80. The van der Waals surface area contributed by atoms with Crippen LogP contribution >= 0.6 is 12.2 Å². The molecule has 22 heavy (non-hydrogen) atoms. The van der Waals surface area contributed by atoms with E-state index < -0.39 is 35.3 Å². The summed E-state index contributed by atoms with van der Waals surface area (Å²) >= 11 is 4.96. The van der Waals surface area contributed by atoms with E-state index >= 15 is 0 Å². The topological polar surface area (TPSA) is 53.5 Å². The van der Waals surface area contributed by atoms with Crippen LogP contribution in [-0.2, 0) is 4.74 Å². The van der Waals surface area contributed by atoms with E-state index in [1.807, 2.05) is 0 Å². The number of halogens is 3. The van der Waals surface area contributed by atoms with E-state index in [9.17, 15) is 18.3 Å². The van der Waals surface area contributed by atoms with Gasteiger partial charge in [0.2, 0.25) is 0 Å². The maximum Gasteiger partial charge on any atom is 0.185 e. The lowest BCUT2D eigenvalue weighted by atomic mass is 10.1. The molecular weight excluding hydrogens is 317 g/mol. The smallest absolute Gasteiger partial charge is 0.185 e. The average Bonchev–Trinajstić information content (AvgIpc) is 2.79. The van der Waals surface area contributed by atoms with Crippen molar-refractivity contribution in [2.45, 2.75) is 39.0 Å². The normalized spacial score (nSPS) is 24.4. The predicted molar refractivity (Wildman–Crippen MR) is 80.4 cm³/mol. The van der Waals surface area contributed by atoms with Gasteiger partial charge < -0.3 is 20.5 Å². The molecule has 0 spiro atoms. The molecule has 3 atom stereocenters. The van der Waals surface area contributed by atoms with Crippen molar-refractivity contribution in [1.82, 2.24) is 5.32 Å². The molecule has 3 unspecified atom stereocenters. The molecule has 2 rings (SSSR count). The Labute approximate surface area is 131 Å². The van der Waals surface area contributed by atoms with Crippen molar-refractivity contribution < 1.29 is 23.0 Å². The van der Waals surface area contributed by atoms with Crippen molar-refractivity contribution in [3.8, 4) is 0 Å². The molecule has 1 saturated heterocycles. The summed E-state index contributed by atoms with van der Waals surface area (Å²) in [5, 5.41) is 14.7. The number of rotatable bonds is 2. The molecule has 0 radical (unpaired) electrons. The van der Waals surface area contributed by atoms with Crippen LogP contribution in [0.15, 0.2) is 0 Å². The zero-order chi connectivity index (χ0) is 16.6. The first-order valence-electron chi connectivity index (χ1n) is 6.74. The zero-order valence-corrected chi connectivity index (χ0v) is 13.2. The first-order valence-corrected chi connectivity index (χ1v) is 7.15. The molecule has 4 nitrogen and oxygen atoms in total. The number of thiocarbonyl (C=S) groups is 1. The quantitative estimate of drug-likeness (QED) is 0.572. The summed E-state index contributed by atoms with van der Waals surface area (Å²) in [6.07, 6.45) is -1.17. The Hall–Kier alpha value is -1.38. The minimum absolute atomic E-state index is 0.00190. The molecule has 0 aromatic heterocycles. The number of aliphatic hydroxyl groups excluding tert-OH is 1. The van der Waals surface area contributed by atoms with E-state index in [0.717, 1.165) is 0 Å². The number of hydrogen-bond acceptors (Lipinski definition) is 3. The minimum Gasteiger partial charge on any atom is -0.388 e. The highest BCUT2D eigenvalue weighted by atomic mass is 32.1. The van der Waals surface area contributed by atoms with Crippen LogP contribution in [-0.4, -0.2) is 35.1 Å². The Balaban J connectivity index is 2.16. The van der Waals surface area contributed by atoms with Crippen molar-refractivity contribution in [2.24, 2.45) is 0 Å². The molecule has 0 aliphatic carbocycles. The summed E-state index contributed by atoms with van der Waals surface area (Å²) < 4.78 is 46.9. The molecule has 1 aliphatic heterocycles. The fourth-order valence-corrected chi connectivity index (χ4v) is 2.48. The van der Waals surface area contributed by atoms with Gasteiger partial charge in [-0.1, -0.05) is 0 Å². The maximum atomic E-state index is 14.1. The highest BCUT2D eigenvalue weighted by Crippen LogP contribution is 2.28. The van der Waals surface area contributed by atoms with Gasteiger partial charge in [-0.3, -0.25) is 0 Å². The third kappa shape index (κ3) is 3.04. The number of benzene rings is 1. The highest BCUT2D eigenvalue weighted by Gasteiger charge is 2.33. The van der Waals surface area contributed by atoms with Gasteiger partial charge in [-0.2, -0.15) is 0 Å². The number of ether oxygens (including phenoxy) is 1. The zero-order valence-electron chi connectivity index (χ0n) is 12.3. The monoisotopic (exact) mass is 334 g/mol. The number of nitrogens with one attached hydrogen (secondary N) is 2. The van der Waals surface area contributed by atoms with Gasteiger partial charge >= 0.3 is 0 Å². The van der Waals surface area contributed by atoms with Crippen LogP contribution in [0.25, 0.3) is 0 Å². The summed E-state index contributed by atoms with van der Waals surface area (Å²) in [5.41, 5.74) is -0.741. The van der Waals surface area contributed by atoms with E-state index in [1.165, 1.54) is 13.8 Å². The standard InChI is InChI=1S/C14H17F3N2O2S/c1-5-6(2)10(16)12(11(17)9(5)15)19-14(22)18-8-4-21-7(3)13(8)20/h7-8,13,20H,4H2,1-3H3,(H2,18,19,22). The van der Waals surface area contributed by atoms with E-state index in [-0.39, 0.29) is 29.0 Å². The lowest BCUT2D eigenvalue weighted by Gasteiger charge is -2.20. The Morgan fingerprint density at radius 3 is 2.32 bits per heavy atom. The van der Waals surface area contributed by atoms with Crippen molar-refractivity contribution >= 4 is 23.0 Å². The largest absolute Gasteiger partial charge is 0.388 e. The second-order valence-electron chi connectivity index (χ2n) is 5.30. The first kappa shape index (κ1) is 17.0. The van der Waals surface area contributed by atoms with Crippen LogP contribution in [0, 0.1) is 31.3 Å². The molecule has 0 bridgehead atoms. The SMILES string of the molecule is Cc1c(C)c(F)c(NC(=S)NC2COC(C)C2O)c(F)c1F. The first-order chi connectivity index (χ1) is 10.2. The maximum absolute atomic E-state index is 14.1. The molecule has 0 saturated carbocycles. The minimum atomic E-state index is -1.33. The molecule has 3 N–H and O–H groups in total.